The number of hydrogen-bond acceptors (Lipinski definition) is 0. The second-order valence-electron chi connectivity index (χ2n) is 4.57. The monoisotopic (exact) mass is 227 g/mol. The van der Waals surface area contributed by atoms with Gasteiger partial charge in [-0.3, -0.25) is 0 Å². The van der Waals surface area contributed by atoms with Gasteiger partial charge in [0.05, 0.1) is 0 Å². The third kappa shape index (κ3) is 4.48. The highest BCUT2D eigenvalue weighted by Crippen LogP contribution is 2.08. The van der Waals surface area contributed by atoms with Gasteiger partial charge in [-0.25, -0.2) is 0 Å². The van der Waals surface area contributed by atoms with E-state index in [1.807, 2.05) is 0 Å². The third-order valence-corrected chi connectivity index (χ3v) is 3.14. The molecule has 0 atom stereocenters. The minimum Gasteiger partial charge on any atom is -0.354 e. The van der Waals surface area contributed by atoms with Gasteiger partial charge in [0.1, 0.15) is 0 Å². The van der Waals surface area contributed by atoms with E-state index in [2.05, 4.69) is 59.4 Å². The van der Waals surface area contributed by atoms with Crippen molar-refractivity contribution in [1.29, 1.82) is 0 Å². The maximum absolute atomic E-state index is 2.26. The summed E-state index contributed by atoms with van der Waals surface area (Å²) in [6.45, 7) is 1.17. The van der Waals surface area contributed by atoms with Crippen LogP contribution in [0.15, 0.2) is 54.9 Å². The van der Waals surface area contributed by atoms with E-state index in [-0.39, 0.29) is 0 Å². The summed E-state index contributed by atoms with van der Waals surface area (Å²) in [6.07, 6.45) is 10.8. The zero-order valence-corrected chi connectivity index (χ0v) is 10.4. The Morgan fingerprint density at radius 3 is 2.18 bits per heavy atom. The highest BCUT2D eigenvalue weighted by molar-refractivity contribution is 5.14. The van der Waals surface area contributed by atoms with Gasteiger partial charge in [-0.15, -0.1) is 0 Å². The van der Waals surface area contributed by atoms with Crippen molar-refractivity contribution in [2.75, 3.05) is 0 Å². The fourth-order valence-corrected chi connectivity index (χ4v) is 2.14. The fraction of sp³-hybridized carbons (Fsp3) is 0.375. The molecule has 2 rings (SSSR count). The van der Waals surface area contributed by atoms with E-state index in [1.165, 1.54) is 44.2 Å². The topological polar surface area (TPSA) is 4.93 Å². The lowest BCUT2D eigenvalue weighted by Crippen LogP contribution is -1.94. The molecule has 0 saturated carbocycles. The molecule has 1 heterocycles. The fourth-order valence-electron chi connectivity index (χ4n) is 2.14. The lowest BCUT2D eigenvalue weighted by molar-refractivity contribution is 0.573. The molecule has 0 unspecified atom stereocenters. The average molecular weight is 227 g/mol. The molecule has 1 nitrogen and oxygen atoms in total. The standard InChI is InChI=1S/C16H21N/c1(2-7-13-17-14-8-9-15-17)4-10-16-11-5-3-6-12-16/h3,5-6,8-9,11-12,14-15H,1-2,4,7,10,13H2. The summed E-state index contributed by atoms with van der Waals surface area (Å²) in [5.41, 5.74) is 1.47. The molecular formula is C16H21N. The van der Waals surface area contributed by atoms with Gasteiger partial charge in [-0.05, 0) is 37.0 Å². The second-order valence-corrected chi connectivity index (χ2v) is 4.57. The van der Waals surface area contributed by atoms with E-state index in [0.29, 0.717) is 0 Å². The van der Waals surface area contributed by atoms with Crippen LogP contribution in [0.2, 0.25) is 0 Å². The number of aryl methyl sites for hydroxylation is 2. The molecule has 0 fully saturated rings. The molecule has 0 bridgehead atoms. The highest BCUT2D eigenvalue weighted by atomic mass is 14.9. The molecule has 1 aromatic carbocycles. The van der Waals surface area contributed by atoms with Gasteiger partial charge in [0.2, 0.25) is 0 Å². The van der Waals surface area contributed by atoms with E-state index >= 15 is 0 Å². The highest BCUT2D eigenvalue weighted by Gasteiger charge is 1.93. The first-order valence-corrected chi connectivity index (χ1v) is 6.60. The molecule has 1 heteroatoms. The molecule has 0 saturated heterocycles. The smallest absolute Gasteiger partial charge is 0.0219 e. The molecule has 0 aliphatic carbocycles. The molecule has 1 aromatic heterocycles. The van der Waals surface area contributed by atoms with Crippen molar-refractivity contribution in [3.05, 3.63) is 60.4 Å². The van der Waals surface area contributed by atoms with Crippen LogP contribution in [0, 0.1) is 0 Å². The zero-order valence-electron chi connectivity index (χ0n) is 10.4. The van der Waals surface area contributed by atoms with Crippen LogP contribution in [0.1, 0.15) is 31.2 Å². The molecular weight excluding hydrogens is 206 g/mol. The van der Waals surface area contributed by atoms with Gasteiger partial charge >= 0.3 is 0 Å². The van der Waals surface area contributed by atoms with Crippen molar-refractivity contribution >= 4 is 0 Å². The maximum atomic E-state index is 2.26. The van der Waals surface area contributed by atoms with Gasteiger partial charge in [0.25, 0.3) is 0 Å². The first-order chi connectivity index (χ1) is 8.45. The van der Waals surface area contributed by atoms with Gasteiger partial charge in [0, 0.05) is 18.9 Å². The van der Waals surface area contributed by atoms with E-state index < -0.39 is 0 Å². The number of aromatic nitrogens is 1. The Kier molecular flexibility index (Phi) is 4.89. The van der Waals surface area contributed by atoms with Crippen LogP contribution in [-0.4, -0.2) is 4.57 Å². The van der Waals surface area contributed by atoms with Crippen LogP contribution in [0.3, 0.4) is 0 Å². The summed E-state index contributed by atoms with van der Waals surface area (Å²) in [5.74, 6) is 0. The SMILES string of the molecule is c1ccc(CCCCCCn2cccc2)cc1. The molecule has 17 heavy (non-hydrogen) atoms. The Balaban J connectivity index is 1.52. The van der Waals surface area contributed by atoms with E-state index in [0.717, 1.165) is 0 Å². The summed E-state index contributed by atoms with van der Waals surface area (Å²) in [6, 6.07) is 15.0. The molecule has 90 valence electrons. The molecule has 0 radical (unpaired) electrons. The van der Waals surface area contributed by atoms with Crippen LogP contribution in [0.5, 0.6) is 0 Å². The minimum atomic E-state index is 1.17. The Bertz CT molecular complexity index is 389. The maximum Gasteiger partial charge on any atom is 0.0219 e. The van der Waals surface area contributed by atoms with Crippen molar-refractivity contribution in [3.8, 4) is 0 Å². The van der Waals surface area contributed by atoms with Gasteiger partial charge in [-0.1, -0.05) is 43.2 Å². The zero-order chi connectivity index (χ0) is 11.8. The lowest BCUT2D eigenvalue weighted by Gasteiger charge is -2.03. The number of benzene rings is 1. The van der Waals surface area contributed by atoms with Crippen LogP contribution >= 0.6 is 0 Å². The summed E-state index contributed by atoms with van der Waals surface area (Å²) < 4.78 is 2.26. The predicted octanol–water partition coefficient (Wildman–Crippen LogP) is 4.29. The summed E-state index contributed by atoms with van der Waals surface area (Å²) in [7, 11) is 0. The van der Waals surface area contributed by atoms with Crippen LogP contribution in [-0.2, 0) is 13.0 Å². The van der Waals surface area contributed by atoms with Gasteiger partial charge < -0.3 is 4.57 Å². The van der Waals surface area contributed by atoms with Crippen LogP contribution in [0.4, 0.5) is 0 Å². The quantitative estimate of drug-likeness (QED) is 0.622. The number of unbranched alkanes of at least 4 members (excludes halogenated alkanes) is 3. The van der Waals surface area contributed by atoms with Crippen molar-refractivity contribution < 1.29 is 0 Å². The van der Waals surface area contributed by atoms with Crippen molar-refractivity contribution in [2.24, 2.45) is 0 Å². The first kappa shape index (κ1) is 12.0. The van der Waals surface area contributed by atoms with Crippen molar-refractivity contribution in [1.82, 2.24) is 4.57 Å². The Labute approximate surface area is 104 Å². The van der Waals surface area contributed by atoms with E-state index in [1.54, 1.807) is 0 Å². The third-order valence-electron chi connectivity index (χ3n) is 3.14. The molecule has 0 spiro atoms. The summed E-state index contributed by atoms with van der Waals surface area (Å²) in [5, 5.41) is 0. The largest absolute Gasteiger partial charge is 0.354 e. The van der Waals surface area contributed by atoms with Crippen molar-refractivity contribution in [2.45, 2.75) is 38.6 Å². The van der Waals surface area contributed by atoms with Gasteiger partial charge in [0.15, 0.2) is 0 Å². The number of hydrogen-bond donors (Lipinski definition) is 0. The second kappa shape index (κ2) is 6.95. The summed E-state index contributed by atoms with van der Waals surface area (Å²) in [4.78, 5) is 0. The van der Waals surface area contributed by atoms with Crippen LogP contribution < -0.4 is 0 Å². The van der Waals surface area contributed by atoms with E-state index in [9.17, 15) is 0 Å². The molecule has 0 aliphatic heterocycles. The minimum absolute atomic E-state index is 1.17. The normalized spacial score (nSPS) is 10.6. The first-order valence-electron chi connectivity index (χ1n) is 6.60. The molecule has 0 amide bonds. The predicted molar refractivity (Wildman–Crippen MR) is 73.0 cm³/mol. The van der Waals surface area contributed by atoms with Crippen LogP contribution in [0.25, 0.3) is 0 Å². The molecule has 0 N–H and O–H groups in total. The molecule has 2 aromatic rings. The molecule has 0 aliphatic rings. The van der Waals surface area contributed by atoms with Crippen molar-refractivity contribution in [3.63, 3.8) is 0 Å². The lowest BCUT2D eigenvalue weighted by atomic mass is 10.1. The Morgan fingerprint density at radius 2 is 1.41 bits per heavy atom. The summed E-state index contributed by atoms with van der Waals surface area (Å²) >= 11 is 0. The number of rotatable bonds is 7. The Morgan fingerprint density at radius 1 is 0.706 bits per heavy atom. The van der Waals surface area contributed by atoms with E-state index in [4.69, 9.17) is 0 Å². The Hall–Kier alpha value is -1.50. The number of nitrogens with zero attached hydrogens (tertiary/aromatic N) is 1. The average Bonchev–Trinajstić information content (AvgIpc) is 2.88. The van der Waals surface area contributed by atoms with Gasteiger partial charge in [-0.2, -0.15) is 0 Å².